The lowest BCUT2D eigenvalue weighted by atomic mass is 10.0. The highest BCUT2D eigenvalue weighted by molar-refractivity contribution is 14.0. The molecule has 7 heteroatoms. The highest BCUT2D eigenvalue weighted by atomic mass is 127. The van der Waals surface area contributed by atoms with Gasteiger partial charge in [0.05, 0.1) is 0 Å². The molecule has 0 bridgehead atoms. The first-order chi connectivity index (χ1) is 14.0. The van der Waals surface area contributed by atoms with Crippen molar-refractivity contribution in [2.45, 2.75) is 39.3 Å². The molecule has 3 rings (SSSR count). The third kappa shape index (κ3) is 6.99. The zero-order valence-electron chi connectivity index (χ0n) is 19.4. The summed E-state index contributed by atoms with van der Waals surface area (Å²) in [5, 5.41) is 7.26. The molecule has 0 amide bonds. The van der Waals surface area contributed by atoms with Crippen LogP contribution in [0.4, 0.5) is 5.69 Å². The van der Waals surface area contributed by atoms with Crippen molar-refractivity contribution in [2.24, 2.45) is 10.9 Å². The van der Waals surface area contributed by atoms with E-state index >= 15 is 0 Å². The lowest BCUT2D eigenvalue weighted by Gasteiger charge is -2.40. The van der Waals surface area contributed by atoms with E-state index in [-0.39, 0.29) is 24.0 Å². The molecule has 170 valence electrons. The smallest absolute Gasteiger partial charge is 0.191 e. The van der Waals surface area contributed by atoms with Gasteiger partial charge in [0.1, 0.15) is 0 Å². The topological polar surface area (TPSA) is 46.1 Å². The molecule has 2 fully saturated rings. The number of hydrogen-bond donors (Lipinski definition) is 2. The van der Waals surface area contributed by atoms with Crippen molar-refractivity contribution in [2.75, 3.05) is 64.8 Å². The van der Waals surface area contributed by atoms with Crippen LogP contribution < -0.4 is 15.5 Å². The number of hydrogen-bond acceptors (Lipinski definition) is 4. The summed E-state index contributed by atoms with van der Waals surface area (Å²) in [6, 6.07) is 9.82. The zero-order valence-corrected chi connectivity index (χ0v) is 21.7. The van der Waals surface area contributed by atoms with E-state index in [1.54, 1.807) is 0 Å². The number of nitrogens with zero attached hydrogens (tertiary/aromatic N) is 4. The molecule has 6 nitrogen and oxygen atoms in total. The Balaban J connectivity index is 0.00000320. The number of aryl methyl sites for hydroxylation is 1. The summed E-state index contributed by atoms with van der Waals surface area (Å²) in [6.45, 7) is 14.5. The summed E-state index contributed by atoms with van der Waals surface area (Å²) in [5.41, 5.74) is 2.63. The Morgan fingerprint density at radius 1 is 1.10 bits per heavy atom. The van der Waals surface area contributed by atoms with Gasteiger partial charge in [-0.25, -0.2) is 0 Å². The van der Waals surface area contributed by atoms with E-state index in [9.17, 15) is 0 Å². The maximum Gasteiger partial charge on any atom is 0.191 e. The number of anilines is 1. The van der Waals surface area contributed by atoms with Gasteiger partial charge in [0.15, 0.2) is 5.96 Å². The van der Waals surface area contributed by atoms with Crippen LogP contribution >= 0.6 is 24.0 Å². The van der Waals surface area contributed by atoms with E-state index in [2.05, 4.69) is 82.4 Å². The van der Waals surface area contributed by atoms with Crippen LogP contribution in [-0.4, -0.2) is 87.8 Å². The van der Waals surface area contributed by atoms with Crippen molar-refractivity contribution in [3.05, 3.63) is 29.8 Å². The quantitative estimate of drug-likeness (QED) is 0.338. The molecule has 2 heterocycles. The van der Waals surface area contributed by atoms with Gasteiger partial charge in [-0.15, -0.1) is 24.0 Å². The summed E-state index contributed by atoms with van der Waals surface area (Å²) in [7, 11) is 4.09. The fourth-order valence-corrected chi connectivity index (χ4v) is 4.40. The van der Waals surface area contributed by atoms with Gasteiger partial charge >= 0.3 is 0 Å². The Kier molecular flexibility index (Phi) is 10.2. The summed E-state index contributed by atoms with van der Waals surface area (Å²) >= 11 is 0. The fraction of sp³-hybridized carbons (Fsp3) is 0.696. The lowest BCUT2D eigenvalue weighted by Crippen LogP contribution is -2.55. The molecule has 0 spiro atoms. The Hall–Kier alpha value is -1.06. The van der Waals surface area contributed by atoms with E-state index < -0.39 is 0 Å². The third-order valence-corrected chi connectivity index (χ3v) is 6.41. The molecule has 2 N–H and O–H groups in total. The summed E-state index contributed by atoms with van der Waals surface area (Å²) in [4.78, 5) is 12.0. The highest BCUT2D eigenvalue weighted by Crippen LogP contribution is 2.20. The van der Waals surface area contributed by atoms with Crippen LogP contribution in [0.2, 0.25) is 0 Å². The highest BCUT2D eigenvalue weighted by Gasteiger charge is 2.26. The molecule has 2 unspecified atom stereocenters. The normalized spacial score (nSPS) is 22.1. The van der Waals surface area contributed by atoms with Crippen molar-refractivity contribution in [1.82, 2.24) is 20.4 Å². The predicted octanol–water partition coefficient (Wildman–Crippen LogP) is 2.63. The Labute approximate surface area is 200 Å². The van der Waals surface area contributed by atoms with Gasteiger partial charge in [0.25, 0.3) is 0 Å². The molecular formula is C23H41IN6. The Morgan fingerprint density at radius 3 is 2.37 bits per heavy atom. The number of nitrogens with one attached hydrogen (secondary N) is 2. The molecule has 1 aromatic rings. The second-order valence-electron chi connectivity index (χ2n) is 9.02. The number of rotatable bonds is 6. The number of likely N-dealkylation sites (N-methyl/N-ethyl adjacent to an activating group) is 1. The Morgan fingerprint density at radius 2 is 1.77 bits per heavy atom. The number of guanidine groups is 1. The maximum atomic E-state index is 4.50. The van der Waals surface area contributed by atoms with Gasteiger partial charge in [-0.1, -0.05) is 31.5 Å². The van der Waals surface area contributed by atoms with Crippen LogP contribution in [0.1, 0.15) is 25.8 Å². The molecule has 0 radical (unpaired) electrons. The van der Waals surface area contributed by atoms with Gasteiger partial charge in [-0.3, -0.25) is 9.89 Å². The van der Waals surface area contributed by atoms with E-state index in [0.29, 0.717) is 18.0 Å². The van der Waals surface area contributed by atoms with Gasteiger partial charge in [-0.05, 0) is 38.4 Å². The van der Waals surface area contributed by atoms with Gasteiger partial charge in [-0.2, -0.15) is 0 Å². The largest absolute Gasteiger partial charge is 0.369 e. The second-order valence-corrected chi connectivity index (χ2v) is 9.02. The van der Waals surface area contributed by atoms with Crippen molar-refractivity contribution in [1.29, 1.82) is 0 Å². The standard InChI is InChI=1S/C23H40N6.HI/c1-18(2)22(28-14-12-27(5)13-15-28)16-25-23(24-4)26-20-10-11-29(17-20)21-8-6-19(3)7-9-21;/h6-9,18,20,22H,10-17H2,1-5H3,(H2,24,25,26);1H. The number of piperazine rings is 1. The first-order valence-electron chi connectivity index (χ1n) is 11.2. The van der Waals surface area contributed by atoms with Crippen LogP contribution in [0, 0.1) is 12.8 Å². The molecule has 2 saturated heterocycles. The van der Waals surface area contributed by atoms with Gasteiger partial charge in [0.2, 0.25) is 0 Å². The third-order valence-electron chi connectivity index (χ3n) is 6.41. The number of benzene rings is 1. The number of aliphatic imine (C=N–C) groups is 1. The molecule has 2 atom stereocenters. The summed E-state index contributed by atoms with van der Waals surface area (Å²) < 4.78 is 0. The molecule has 0 saturated carbocycles. The van der Waals surface area contributed by atoms with Crippen molar-refractivity contribution in [3.63, 3.8) is 0 Å². The summed E-state index contributed by atoms with van der Waals surface area (Å²) in [5.74, 6) is 1.55. The minimum Gasteiger partial charge on any atom is -0.369 e. The Bertz CT molecular complexity index is 654. The molecule has 30 heavy (non-hydrogen) atoms. The summed E-state index contributed by atoms with van der Waals surface area (Å²) in [6.07, 6.45) is 1.14. The predicted molar refractivity (Wildman–Crippen MR) is 139 cm³/mol. The van der Waals surface area contributed by atoms with Crippen LogP contribution in [0.25, 0.3) is 0 Å². The maximum absolute atomic E-state index is 4.50. The van der Waals surface area contributed by atoms with Gasteiger partial charge in [0, 0.05) is 70.6 Å². The van der Waals surface area contributed by atoms with E-state index in [4.69, 9.17) is 0 Å². The van der Waals surface area contributed by atoms with E-state index in [0.717, 1.165) is 58.2 Å². The van der Waals surface area contributed by atoms with Crippen molar-refractivity contribution >= 4 is 35.6 Å². The minimum absolute atomic E-state index is 0. The molecule has 2 aliphatic heterocycles. The van der Waals surface area contributed by atoms with E-state index in [1.807, 2.05) is 7.05 Å². The molecule has 0 aliphatic carbocycles. The SMILES string of the molecule is CN=C(NCC(C(C)C)N1CCN(C)CC1)NC1CCN(c2ccc(C)cc2)C1.I. The first-order valence-corrected chi connectivity index (χ1v) is 11.2. The lowest BCUT2D eigenvalue weighted by molar-refractivity contribution is 0.0900. The number of halogens is 1. The molecule has 1 aromatic carbocycles. The molecule has 0 aromatic heterocycles. The average Bonchev–Trinajstić information content (AvgIpc) is 3.17. The van der Waals surface area contributed by atoms with E-state index in [1.165, 1.54) is 11.3 Å². The van der Waals surface area contributed by atoms with Crippen LogP contribution in [0.5, 0.6) is 0 Å². The fourth-order valence-electron chi connectivity index (χ4n) is 4.40. The van der Waals surface area contributed by atoms with Crippen molar-refractivity contribution in [3.8, 4) is 0 Å². The molecular weight excluding hydrogens is 487 g/mol. The monoisotopic (exact) mass is 528 g/mol. The zero-order chi connectivity index (χ0) is 20.8. The first kappa shape index (κ1) is 25.2. The van der Waals surface area contributed by atoms with Crippen LogP contribution in [0.3, 0.4) is 0 Å². The minimum atomic E-state index is 0. The van der Waals surface area contributed by atoms with Crippen LogP contribution in [-0.2, 0) is 0 Å². The van der Waals surface area contributed by atoms with Crippen LogP contribution in [0.15, 0.2) is 29.3 Å². The van der Waals surface area contributed by atoms with Gasteiger partial charge < -0.3 is 20.4 Å². The average molecular weight is 529 g/mol. The van der Waals surface area contributed by atoms with Crippen molar-refractivity contribution < 1.29 is 0 Å². The second kappa shape index (κ2) is 12.1. The molecule has 2 aliphatic rings.